The van der Waals surface area contributed by atoms with Crippen molar-refractivity contribution in [2.75, 3.05) is 26.4 Å². The van der Waals surface area contributed by atoms with E-state index >= 15 is 0 Å². The van der Waals surface area contributed by atoms with Crippen LogP contribution in [0.4, 0.5) is 5.69 Å². The van der Waals surface area contributed by atoms with Crippen molar-refractivity contribution in [3.05, 3.63) is 29.8 Å². The highest BCUT2D eigenvalue weighted by Gasteiger charge is 2.21. The quantitative estimate of drug-likeness (QED) is 0.103. The summed E-state index contributed by atoms with van der Waals surface area (Å²) in [6, 6.07) is 8.64. The van der Waals surface area contributed by atoms with Crippen molar-refractivity contribution >= 4 is 15.8 Å². The van der Waals surface area contributed by atoms with E-state index in [2.05, 4.69) is 45.3 Å². The Hall–Kier alpha value is -0.910. The largest absolute Gasteiger partial charge is 0.748 e. The highest BCUT2D eigenvalue weighted by Crippen LogP contribution is 2.26. The Balaban J connectivity index is 2.18. The molecule has 1 rings (SSSR count). The third-order valence-electron chi connectivity index (χ3n) is 6.80. The molecule has 0 amide bonds. The number of rotatable bonds is 21. The molecule has 0 atom stereocenters. The molecular formula is C28H51NO3S. The molecule has 0 bridgehead atoms. The van der Waals surface area contributed by atoms with Crippen molar-refractivity contribution in [1.29, 1.82) is 0 Å². The average molecular weight is 482 g/mol. The summed E-state index contributed by atoms with van der Waals surface area (Å²) in [5, 5.41) is 0. The number of hydrogen-bond acceptors (Lipinski definition) is 3. The molecule has 0 unspecified atom stereocenters. The van der Waals surface area contributed by atoms with Gasteiger partial charge in [0.25, 0.3) is 0 Å². The maximum atomic E-state index is 10.8. The van der Waals surface area contributed by atoms with E-state index in [-0.39, 0.29) is 5.75 Å². The zero-order chi connectivity index (χ0) is 24.4. The number of nitrogens with zero attached hydrogens (tertiary/aromatic N) is 1. The minimum absolute atomic E-state index is 0.256. The lowest BCUT2D eigenvalue weighted by atomic mass is 10.0. The fourth-order valence-electron chi connectivity index (χ4n) is 4.73. The summed E-state index contributed by atoms with van der Waals surface area (Å²) in [6.07, 6.45) is 21.6. The molecule has 0 saturated carbocycles. The minimum atomic E-state index is -4.10. The fourth-order valence-corrected chi connectivity index (χ4v) is 5.29. The first-order valence-electron chi connectivity index (χ1n) is 13.6. The van der Waals surface area contributed by atoms with Gasteiger partial charge in [0.2, 0.25) is 0 Å². The standard InChI is InChI=1S/C28H51NO3S/c1-4-5-6-7-8-9-10-11-12-13-14-15-16-17-22-27-23-18-19-24-28(27)29(2,3)25-20-21-26-33(30,31)32/h18-19,23-24H,4-17,20-22,25-26H2,1-3H3. The van der Waals surface area contributed by atoms with Crippen molar-refractivity contribution in [2.45, 2.75) is 116 Å². The second-order valence-corrected chi connectivity index (χ2v) is 11.9. The van der Waals surface area contributed by atoms with Gasteiger partial charge in [0.1, 0.15) is 5.69 Å². The van der Waals surface area contributed by atoms with Crippen LogP contribution in [0.3, 0.4) is 0 Å². The van der Waals surface area contributed by atoms with Gasteiger partial charge in [-0.2, -0.15) is 0 Å². The van der Waals surface area contributed by atoms with Crippen LogP contribution in [-0.4, -0.2) is 39.4 Å². The molecule has 0 saturated heterocycles. The molecule has 0 heterocycles. The lowest BCUT2D eigenvalue weighted by Gasteiger charge is -2.31. The van der Waals surface area contributed by atoms with E-state index in [1.807, 2.05) is 0 Å². The second-order valence-electron chi connectivity index (χ2n) is 10.4. The summed E-state index contributed by atoms with van der Waals surface area (Å²) < 4.78 is 33.2. The van der Waals surface area contributed by atoms with Gasteiger partial charge < -0.3 is 4.55 Å². The molecule has 4 nitrogen and oxygen atoms in total. The normalized spacial score (nSPS) is 12.4. The van der Waals surface area contributed by atoms with Gasteiger partial charge in [-0.15, -0.1) is 0 Å². The predicted octanol–water partition coefficient (Wildman–Crippen LogP) is 7.60. The summed E-state index contributed by atoms with van der Waals surface area (Å²) in [5.41, 5.74) is 2.72. The second kappa shape index (κ2) is 17.5. The number of aryl methyl sites for hydroxylation is 1. The molecule has 0 aliphatic carbocycles. The Kier molecular flexibility index (Phi) is 16.0. The summed E-state index contributed by atoms with van der Waals surface area (Å²) in [5.74, 6) is -0.256. The number of benzene rings is 1. The molecule has 192 valence electrons. The van der Waals surface area contributed by atoms with E-state index in [1.165, 1.54) is 101 Å². The van der Waals surface area contributed by atoms with E-state index in [0.717, 1.165) is 23.9 Å². The maximum absolute atomic E-state index is 10.8. The Morgan fingerprint density at radius 3 is 1.70 bits per heavy atom. The van der Waals surface area contributed by atoms with Gasteiger partial charge in [0, 0.05) is 11.3 Å². The molecule has 0 spiro atoms. The molecule has 0 N–H and O–H groups in total. The van der Waals surface area contributed by atoms with E-state index in [9.17, 15) is 13.0 Å². The Bertz CT molecular complexity index is 716. The van der Waals surface area contributed by atoms with E-state index in [0.29, 0.717) is 6.42 Å². The van der Waals surface area contributed by atoms with Crippen LogP contribution in [0.2, 0.25) is 0 Å². The molecule has 1 aromatic rings. The zero-order valence-electron chi connectivity index (χ0n) is 21.8. The van der Waals surface area contributed by atoms with Crippen LogP contribution in [-0.2, 0) is 16.5 Å². The molecule has 1 aromatic carbocycles. The number of hydrogen-bond donors (Lipinski definition) is 0. The number of quaternary nitrogens is 1. The van der Waals surface area contributed by atoms with Gasteiger partial charge in [-0.05, 0) is 31.7 Å². The molecule has 0 aliphatic heterocycles. The van der Waals surface area contributed by atoms with Crippen LogP contribution in [0.25, 0.3) is 0 Å². The first kappa shape index (κ1) is 30.1. The molecule has 0 aromatic heterocycles. The van der Waals surface area contributed by atoms with Crippen LogP contribution in [0.1, 0.15) is 115 Å². The van der Waals surface area contributed by atoms with Crippen molar-refractivity contribution in [3.8, 4) is 0 Å². The Labute approximate surface area is 205 Å². The van der Waals surface area contributed by atoms with E-state index in [1.54, 1.807) is 0 Å². The zero-order valence-corrected chi connectivity index (χ0v) is 22.6. The van der Waals surface area contributed by atoms with Crippen LogP contribution in [0.5, 0.6) is 0 Å². The molecule has 0 radical (unpaired) electrons. The van der Waals surface area contributed by atoms with Crippen LogP contribution >= 0.6 is 0 Å². The summed E-state index contributed by atoms with van der Waals surface area (Å²) in [4.78, 5) is 0. The SMILES string of the molecule is CCCCCCCCCCCCCCCCc1ccccc1[N+](C)(C)CCCCS(=O)(=O)[O-]. The van der Waals surface area contributed by atoms with Crippen molar-refractivity contribution in [2.24, 2.45) is 0 Å². The first-order chi connectivity index (χ1) is 15.8. The summed E-state index contributed by atoms with van der Waals surface area (Å²) >= 11 is 0. The fraction of sp³-hybridized carbons (Fsp3) is 0.786. The lowest BCUT2D eigenvalue weighted by molar-refractivity contribution is 0.383. The smallest absolute Gasteiger partial charge is 0.135 e. The third kappa shape index (κ3) is 15.6. The van der Waals surface area contributed by atoms with Gasteiger partial charge in [0.05, 0.1) is 30.8 Å². The lowest BCUT2D eigenvalue weighted by Crippen LogP contribution is -2.42. The Morgan fingerprint density at radius 2 is 1.18 bits per heavy atom. The van der Waals surface area contributed by atoms with E-state index in [4.69, 9.17) is 0 Å². The van der Waals surface area contributed by atoms with Crippen molar-refractivity contribution in [3.63, 3.8) is 0 Å². The van der Waals surface area contributed by atoms with Gasteiger partial charge in [-0.25, -0.2) is 8.42 Å². The minimum Gasteiger partial charge on any atom is -0.748 e. The topological polar surface area (TPSA) is 57.2 Å². The van der Waals surface area contributed by atoms with Crippen LogP contribution in [0.15, 0.2) is 24.3 Å². The predicted molar refractivity (Wildman–Crippen MR) is 143 cm³/mol. The average Bonchev–Trinajstić information content (AvgIpc) is 2.76. The summed E-state index contributed by atoms with van der Waals surface area (Å²) in [6.45, 7) is 3.12. The van der Waals surface area contributed by atoms with Crippen LogP contribution < -0.4 is 4.48 Å². The van der Waals surface area contributed by atoms with Crippen molar-refractivity contribution < 1.29 is 13.0 Å². The van der Waals surface area contributed by atoms with Gasteiger partial charge >= 0.3 is 0 Å². The monoisotopic (exact) mass is 481 g/mol. The molecular weight excluding hydrogens is 430 g/mol. The molecule has 0 aliphatic rings. The van der Waals surface area contributed by atoms with Crippen molar-refractivity contribution in [1.82, 2.24) is 4.48 Å². The molecule has 33 heavy (non-hydrogen) atoms. The highest BCUT2D eigenvalue weighted by atomic mass is 32.2. The highest BCUT2D eigenvalue weighted by molar-refractivity contribution is 7.85. The van der Waals surface area contributed by atoms with Crippen LogP contribution in [0, 0.1) is 0 Å². The number of unbranched alkanes of at least 4 members (excludes halogenated alkanes) is 14. The molecule has 5 heteroatoms. The summed E-state index contributed by atoms with van der Waals surface area (Å²) in [7, 11) is 0.249. The third-order valence-corrected chi connectivity index (χ3v) is 7.59. The number of para-hydroxylation sites is 1. The van der Waals surface area contributed by atoms with Gasteiger partial charge in [0.15, 0.2) is 0 Å². The van der Waals surface area contributed by atoms with E-state index < -0.39 is 10.1 Å². The van der Waals surface area contributed by atoms with Gasteiger partial charge in [-0.1, -0.05) is 109 Å². The molecule has 0 fully saturated rings. The maximum Gasteiger partial charge on any atom is 0.135 e. The first-order valence-corrected chi connectivity index (χ1v) is 15.2. The van der Waals surface area contributed by atoms with Gasteiger partial charge in [-0.3, -0.25) is 4.48 Å². The Morgan fingerprint density at radius 1 is 0.697 bits per heavy atom.